The lowest BCUT2D eigenvalue weighted by Gasteiger charge is -2.13. The number of anilines is 1. The van der Waals surface area contributed by atoms with E-state index in [2.05, 4.69) is 20.8 Å². The molecular weight excluding hydrogens is 290 g/mol. The van der Waals surface area contributed by atoms with Crippen molar-refractivity contribution in [1.82, 2.24) is 20.1 Å². The third-order valence-electron chi connectivity index (χ3n) is 3.18. The first-order chi connectivity index (χ1) is 9.97. The van der Waals surface area contributed by atoms with E-state index >= 15 is 0 Å². The topological polar surface area (TPSA) is 71.8 Å². The van der Waals surface area contributed by atoms with Crippen molar-refractivity contribution < 1.29 is 4.79 Å². The predicted molar refractivity (Wildman–Crippen MR) is 82.2 cm³/mol. The lowest BCUT2D eigenvalue weighted by molar-refractivity contribution is -0.115. The molecule has 0 spiro atoms. The van der Waals surface area contributed by atoms with Crippen molar-refractivity contribution in [3.63, 3.8) is 0 Å². The van der Waals surface area contributed by atoms with Gasteiger partial charge in [-0.25, -0.2) is 0 Å². The maximum Gasteiger partial charge on any atom is 0.238 e. The summed E-state index contributed by atoms with van der Waals surface area (Å²) in [4.78, 5) is 12.0. The average Bonchev–Trinajstić information content (AvgIpc) is 2.86. The number of nitrogens with one attached hydrogen (secondary N) is 2. The van der Waals surface area contributed by atoms with Gasteiger partial charge in [0.2, 0.25) is 5.91 Å². The van der Waals surface area contributed by atoms with Crippen LogP contribution in [0.1, 0.15) is 24.4 Å². The number of carbonyl (C=O) groups excluding carboxylic acids is 1. The van der Waals surface area contributed by atoms with Crippen LogP contribution >= 0.6 is 11.6 Å². The minimum atomic E-state index is -0.130. The summed E-state index contributed by atoms with van der Waals surface area (Å²) in [6.07, 6.45) is 1.63. The third-order valence-corrected chi connectivity index (χ3v) is 3.41. The number of benzene rings is 1. The van der Waals surface area contributed by atoms with Gasteiger partial charge in [-0.3, -0.25) is 10.1 Å². The van der Waals surface area contributed by atoms with Gasteiger partial charge >= 0.3 is 0 Å². The van der Waals surface area contributed by atoms with Crippen molar-refractivity contribution >= 4 is 23.2 Å². The van der Waals surface area contributed by atoms with Crippen LogP contribution in [0.3, 0.4) is 0 Å². The summed E-state index contributed by atoms with van der Waals surface area (Å²) in [7, 11) is 1.86. The molecule has 0 fully saturated rings. The van der Waals surface area contributed by atoms with E-state index in [-0.39, 0.29) is 18.5 Å². The molecule has 2 aromatic rings. The van der Waals surface area contributed by atoms with E-state index < -0.39 is 0 Å². The Hall–Kier alpha value is -1.92. The molecule has 1 heterocycles. The molecule has 1 aromatic carbocycles. The largest absolute Gasteiger partial charge is 0.325 e. The fourth-order valence-corrected chi connectivity index (χ4v) is 2.12. The Morgan fingerprint density at radius 3 is 2.90 bits per heavy atom. The molecule has 2 N–H and O–H groups in total. The molecule has 1 amide bonds. The van der Waals surface area contributed by atoms with Gasteiger partial charge in [-0.2, -0.15) is 0 Å². The Bertz CT molecular complexity index is 640. The van der Waals surface area contributed by atoms with Gasteiger partial charge in [0.1, 0.15) is 12.2 Å². The quantitative estimate of drug-likeness (QED) is 0.887. The van der Waals surface area contributed by atoms with Crippen molar-refractivity contribution in [2.75, 3.05) is 11.9 Å². The predicted octanol–water partition coefficient (Wildman–Crippen LogP) is 2.07. The lowest BCUT2D eigenvalue weighted by atomic mass is 10.2. The van der Waals surface area contributed by atoms with Crippen LogP contribution in [0.2, 0.25) is 5.02 Å². The second-order valence-electron chi connectivity index (χ2n) is 4.91. The third kappa shape index (κ3) is 4.03. The first kappa shape index (κ1) is 15.5. The first-order valence-corrected chi connectivity index (χ1v) is 6.98. The van der Waals surface area contributed by atoms with E-state index in [0.29, 0.717) is 5.02 Å². The van der Waals surface area contributed by atoms with Crippen LogP contribution in [0.5, 0.6) is 0 Å². The van der Waals surface area contributed by atoms with Crippen molar-refractivity contribution in [3.05, 3.63) is 40.9 Å². The molecule has 0 aliphatic rings. The zero-order valence-electron chi connectivity index (χ0n) is 12.2. The van der Waals surface area contributed by atoms with Gasteiger partial charge in [-0.1, -0.05) is 17.7 Å². The number of halogens is 1. The molecule has 0 aliphatic carbocycles. The molecule has 21 heavy (non-hydrogen) atoms. The maximum atomic E-state index is 12.0. The Morgan fingerprint density at radius 1 is 1.48 bits per heavy atom. The highest BCUT2D eigenvalue weighted by molar-refractivity contribution is 6.31. The van der Waals surface area contributed by atoms with Gasteiger partial charge in [-0.05, 0) is 31.5 Å². The van der Waals surface area contributed by atoms with Crippen LogP contribution in [-0.2, 0) is 11.8 Å². The number of aromatic nitrogens is 3. The van der Waals surface area contributed by atoms with Crippen molar-refractivity contribution in [1.29, 1.82) is 0 Å². The van der Waals surface area contributed by atoms with E-state index in [9.17, 15) is 4.79 Å². The molecule has 7 heteroatoms. The zero-order chi connectivity index (χ0) is 15.4. The molecule has 1 unspecified atom stereocenters. The van der Waals surface area contributed by atoms with Gasteiger partial charge in [0, 0.05) is 17.8 Å². The highest BCUT2D eigenvalue weighted by Gasteiger charge is 2.13. The zero-order valence-corrected chi connectivity index (χ0v) is 13.0. The molecule has 0 bridgehead atoms. The van der Waals surface area contributed by atoms with Crippen molar-refractivity contribution in [2.45, 2.75) is 19.9 Å². The van der Waals surface area contributed by atoms with Crippen LogP contribution < -0.4 is 10.6 Å². The average molecular weight is 308 g/mol. The standard InChI is InChI=1S/C14H18ClN5O/c1-9-4-5-11(15)6-12(9)18-13(21)7-16-10(2)14-19-17-8-20(14)3/h4-6,8,10,16H,7H2,1-3H3,(H,18,21). The maximum absolute atomic E-state index is 12.0. The number of hydrogen-bond donors (Lipinski definition) is 2. The highest BCUT2D eigenvalue weighted by Crippen LogP contribution is 2.20. The Balaban J connectivity index is 1.90. The normalized spacial score (nSPS) is 12.2. The summed E-state index contributed by atoms with van der Waals surface area (Å²) in [5.74, 6) is 0.649. The van der Waals surface area contributed by atoms with Crippen molar-refractivity contribution in [3.8, 4) is 0 Å². The minimum absolute atomic E-state index is 0.0660. The molecule has 0 radical (unpaired) electrons. The smallest absolute Gasteiger partial charge is 0.238 e. The first-order valence-electron chi connectivity index (χ1n) is 6.60. The molecule has 1 aromatic heterocycles. The van der Waals surface area contributed by atoms with Crippen molar-refractivity contribution in [2.24, 2.45) is 7.05 Å². The summed E-state index contributed by atoms with van der Waals surface area (Å²) < 4.78 is 1.82. The van der Waals surface area contributed by atoms with Crippen LogP contribution in [0, 0.1) is 6.92 Å². The van der Waals surface area contributed by atoms with E-state index in [1.807, 2.05) is 31.5 Å². The Morgan fingerprint density at radius 2 is 2.24 bits per heavy atom. The molecule has 6 nitrogen and oxygen atoms in total. The molecule has 2 rings (SSSR count). The van der Waals surface area contributed by atoms with E-state index in [4.69, 9.17) is 11.6 Å². The Labute approximate surface area is 128 Å². The summed E-state index contributed by atoms with van der Waals surface area (Å²) in [5, 5.41) is 14.4. The molecule has 0 aliphatic heterocycles. The summed E-state index contributed by atoms with van der Waals surface area (Å²) in [6.45, 7) is 4.03. The van der Waals surface area contributed by atoms with Gasteiger partial charge in [0.15, 0.2) is 0 Å². The fraction of sp³-hybridized carbons (Fsp3) is 0.357. The van der Waals surface area contributed by atoms with E-state index in [0.717, 1.165) is 17.1 Å². The number of nitrogens with zero attached hydrogens (tertiary/aromatic N) is 3. The summed E-state index contributed by atoms with van der Waals surface area (Å²) in [5.41, 5.74) is 1.69. The molecule has 1 atom stereocenters. The van der Waals surface area contributed by atoms with Gasteiger partial charge < -0.3 is 9.88 Å². The van der Waals surface area contributed by atoms with Crippen LogP contribution in [0.25, 0.3) is 0 Å². The molecular formula is C14H18ClN5O. The van der Waals surface area contributed by atoms with Gasteiger partial charge in [0.25, 0.3) is 0 Å². The van der Waals surface area contributed by atoms with Crippen LogP contribution in [-0.4, -0.2) is 27.2 Å². The van der Waals surface area contributed by atoms with Crippen LogP contribution in [0.15, 0.2) is 24.5 Å². The molecule has 0 saturated carbocycles. The molecule has 112 valence electrons. The number of hydrogen-bond acceptors (Lipinski definition) is 4. The SMILES string of the molecule is Cc1ccc(Cl)cc1NC(=O)CNC(C)c1nncn1C. The number of carbonyl (C=O) groups is 1. The Kier molecular flexibility index (Phi) is 4.93. The highest BCUT2D eigenvalue weighted by atomic mass is 35.5. The number of amides is 1. The monoisotopic (exact) mass is 307 g/mol. The van der Waals surface area contributed by atoms with E-state index in [1.165, 1.54) is 0 Å². The van der Waals surface area contributed by atoms with Gasteiger partial charge in [0.05, 0.1) is 12.6 Å². The second-order valence-corrected chi connectivity index (χ2v) is 5.35. The molecule has 0 saturated heterocycles. The minimum Gasteiger partial charge on any atom is -0.325 e. The second kappa shape index (κ2) is 6.69. The summed E-state index contributed by atoms with van der Waals surface area (Å²) >= 11 is 5.93. The van der Waals surface area contributed by atoms with Crippen LogP contribution in [0.4, 0.5) is 5.69 Å². The van der Waals surface area contributed by atoms with E-state index in [1.54, 1.807) is 18.5 Å². The lowest BCUT2D eigenvalue weighted by Crippen LogP contribution is -2.31. The fourth-order valence-electron chi connectivity index (χ4n) is 1.94. The number of rotatable bonds is 5. The number of aryl methyl sites for hydroxylation is 2. The summed E-state index contributed by atoms with van der Waals surface area (Å²) in [6, 6.07) is 5.33. The van der Waals surface area contributed by atoms with Gasteiger partial charge in [-0.15, -0.1) is 10.2 Å².